The molecule has 0 atom stereocenters. The van der Waals surface area contributed by atoms with Gasteiger partial charge in [-0.2, -0.15) is 0 Å². The Kier molecular flexibility index (Phi) is 4.03. The lowest BCUT2D eigenvalue weighted by atomic mass is 9.99. The van der Waals surface area contributed by atoms with Crippen molar-refractivity contribution in [3.05, 3.63) is 15.6 Å². The van der Waals surface area contributed by atoms with Crippen molar-refractivity contribution >= 4 is 11.3 Å². The van der Waals surface area contributed by atoms with Crippen LogP contribution in [-0.2, 0) is 13.1 Å². The molecule has 116 valence electrons. The van der Waals surface area contributed by atoms with E-state index in [1.807, 2.05) is 11.3 Å². The van der Waals surface area contributed by atoms with E-state index in [-0.39, 0.29) is 0 Å². The van der Waals surface area contributed by atoms with E-state index in [2.05, 4.69) is 17.1 Å². The molecule has 3 aliphatic rings. The van der Waals surface area contributed by atoms with Crippen LogP contribution in [0.25, 0.3) is 0 Å². The molecule has 4 heteroatoms. The zero-order valence-electron chi connectivity index (χ0n) is 13.1. The molecule has 21 heavy (non-hydrogen) atoms. The third-order valence-electron chi connectivity index (χ3n) is 5.10. The smallest absolute Gasteiger partial charge is 0.107 e. The molecule has 0 amide bonds. The summed E-state index contributed by atoms with van der Waals surface area (Å²) in [5.74, 6) is 1.70. The maximum atomic E-state index is 5.02. The predicted octanol–water partition coefficient (Wildman–Crippen LogP) is 3.50. The van der Waals surface area contributed by atoms with Gasteiger partial charge in [-0.05, 0) is 57.5 Å². The third-order valence-corrected chi connectivity index (χ3v) is 6.16. The molecule has 1 aliphatic heterocycles. The molecule has 0 radical (unpaired) electrons. The molecular weight excluding hydrogens is 278 g/mol. The number of aromatic nitrogens is 1. The largest absolute Gasteiger partial charge is 0.309 e. The Balaban J connectivity index is 1.40. The summed E-state index contributed by atoms with van der Waals surface area (Å²) in [5, 5.41) is 5.04. The van der Waals surface area contributed by atoms with E-state index < -0.39 is 0 Å². The average molecular weight is 305 g/mol. The highest BCUT2D eigenvalue weighted by Gasteiger charge is 2.31. The van der Waals surface area contributed by atoms with E-state index in [0.717, 1.165) is 31.0 Å². The van der Waals surface area contributed by atoms with E-state index in [4.69, 9.17) is 4.98 Å². The fourth-order valence-corrected chi connectivity index (χ4v) is 4.37. The first-order chi connectivity index (χ1) is 10.3. The van der Waals surface area contributed by atoms with Crippen molar-refractivity contribution in [2.75, 3.05) is 13.1 Å². The van der Waals surface area contributed by atoms with Gasteiger partial charge in [-0.25, -0.2) is 4.98 Å². The van der Waals surface area contributed by atoms with Gasteiger partial charge < -0.3 is 5.32 Å². The van der Waals surface area contributed by atoms with Crippen molar-refractivity contribution < 1.29 is 0 Å². The maximum Gasteiger partial charge on any atom is 0.107 e. The zero-order valence-corrected chi connectivity index (χ0v) is 13.9. The van der Waals surface area contributed by atoms with Crippen molar-refractivity contribution in [2.24, 2.45) is 5.92 Å². The van der Waals surface area contributed by atoms with Crippen LogP contribution in [0.2, 0.25) is 0 Å². The van der Waals surface area contributed by atoms with Crippen LogP contribution in [0.5, 0.6) is 0 Å². The second-order valence-corrected chi connectivity index (χ2v) is 8.47. The molecule has 3 nitrogen and oxygen atoms in total. The van der Waals surface area contributed by atoms with Crippen LogP contribution in [0.4, 0.5) is 0 Å². The molecule has 0 aromatic carbocycles. The zero-order chi connectivity index (χ0) is 14.2. The fourth-order valence-electron chi connectivity index (χ4n) is 3.22. The van der Waals surface area contributed by atoms with E-state index in [1.165, 1.54) is 67.2 Å². The highest BCUT2D eigenvalue weighted by Crippen LogP contribution is 2.43. The molecule has 3 fully saturated rings. The summed E-state index contributed by atoms with van der Waals surface area (Å²) in [6.07, 6.45) is 8.18. The van der Waals surface area contributed by atoms with Crippen LogP contribution < -0.4 is 5.32 Å². The number of rotatable bonds is 6. The highest BCUT2D eigenvalue weighted by molar-refractivity contribution is 7.11. The molecule has 2 aliphatic carbocycles. The first kappa shape index (κ1) is 14.2. The number of hydrogen-bond donors (Lipinski definition) is 1. The van der Waals surface area contributed by atoms with Crippen LogP contribution in [0, 0.1) is 5.92 Å². The lowest BCUT2D eigenvalue weighted by molar-refractivity contribution is 0.185. The van der Waals surface area contributed by atoms with E-state index in [1.54, 1.807) is 0 Å². The Morgan fingerprint density at radius 2 is 1.90 bits per heavy atom. The van der Waals surface area contributed by atoms with Gasteiger partial charge >= 0.3 is 0 Å². The standard InChI is InChI=1S/C17H27N3S/c1-12-6-8-20(9-7-12)11-16-19-17(13-2-3-13)15(21-16)10-18-14-4-5-14/h12-14,18H,2-11H2,1H3. The number of nitrogens with zero attached hydrogens (tertiary/aromatic N) is 2. The summed E-state index contributed by atoms with van der Waals surface area (Å²) < 4.78 is 0. The summed E-state index contributed by atoms with van der Waals surface area (Å²) in [4.78, 5) is 9.16. The molecule has 2 heterocycles. The summed E-state index contributed by atoms with van der Waals surface area (Å²) >= 11 is 1.98. The van der Waals surface area contributed by atoms with E-state index in [9.17, 15) is 0 Å². The van der Waals surface area contributed by atoms with Crippen LogP contribution in [0.3, 0.4) is 0 Å². The Morgan fingerprint density at radius 3 is 2.57 bits per heavy atom. The molecule has 1 aromatic rings. The van der Waals surface area contributed by atoms with Crippen LogP contribution in [0.15, 0.2) is 0 Å². The van der Waals surface area contributed by atoms with Gasteiger partial charge in [0.1, 0.15) is 5.01 Å². The summed E-state index contributed by atoms with van der Waals surface area (Å²) in [6.45, 7) is 7.05. The van der Waals surface area contributed by atoms with Crippen molar-refractivity contribution in [3.63, 3.8) is 0 Å². The number of piperidine rings is 1. The molecule has 0 spiro atoms. The minimum Gasteiger partial charge on any atom is -0.309 e. The molecule has 1 N–H and O–H groups in total. The van der Waals surface area contributed by atoms with Crippen LogP contribution in [-0.4, -0.2) is 29.0 Å². The molecule has 1 saturated heterocycles. The van der Waals surface area contributed by atoms with Crippen molar-refractivity contribution in [2.45, 2.75) is 70.5 Å². The minimum absolute atomic E-state index is 0.785. The second-order valence-electron chi connectivity index (χ2n) is 7.30. The topological polar surface area (TPSA) is 28.2 Å². The molecular formula is C17H27N3S. The lowest BCUT2D eigenvalue weighted by Gasteiger charge is -2.29. The molecule has 0 bridgehead atoms. The van der Waals surface area contributed by atoms with Gasteiger partial charge in [0, 0.05) is 23.4 Å². The van der Waals surface area contributed by atoms with Crippen molar-refractivity contribution in [1.82, 2.24) is 15.2 Å². The number of thiazole rings is 1. The Morgan fingerprint density at radius 1 is 1.14 bits per heavy atom. The predicted molar refractivity (Wildman–Crippen MR) is 87.6 cm³/mol. The minimum atomic E-state index is 0.785. The number of hydrogen-bond acceptors (Lipinski definition) is 4. The average Bonchev–Trinajstić information content (AvgIpc) is 3.39. The van der Waals surface area contributed by atoms with E-state index in [0.29, 0.717) is 0 Å². The molecule has 0 unspecified atom stereocenters. The van der Waals surface area contributed by atoms with Gasteiger partial charge in [-0.3, -0.25) is 4.90 Å². The van der Waals surface area contributed by atoms with Crippen LogP contribution in [0.1, 0.15) is 66.9 Å². The van der Waals surface area contributed by atoms with E-state index >= 15 is 0 Å². The first-order valence-electron chi connectivity index (χ1n) is 8.72. The van der Waals surface area contributed by atoms with Crippen molar-refractivity contribution in [1.29, 1.82) is 0 Å². The molecule has 1 aromatic heterocycles. The second kappa shape index (κ2) is 5.98. The summed E-state index contributed by atoms with van der Waals surface area (Å²) in [6, 6.07) is 0.797. The normalized spacial score (nSPS) is 24.6. The molecule has 4 rings (SSSR count). The first-order valence-corrected chi connectivity index (χ1v) is 9.54. The van der Waals surface area contributed by atoms with Gasteiger partial charge in [-0.15, -0.1) is 11.3 Å². The van der Waals surface area contributed by atoms with Gasteiger partial charge in [0.25, 0.3) is 0 Å². The Hall–Kier alpha value is -0.450. The Bertz CT molecular complexity index is 482. The lowest BCUT2D eigenvalue weighted by Crippen LogP contribution is -2.32. The fraction of sp³-hybridized carbons (Fsp3) is 0.824. The van der Waals surface area contributed by atoms with Gasteiger partial charge in [0.15, 0.2) is 0 Å². The number of nitrogens with one attached hydrogen (secondary N) is 1. The molecule has 2 saturated carbocycles. The monoisotopic (exact) mass is 305 g/mol. The van der Waals surface area contributed by atoms with Crippen LogP contribution >= 0.6 is 11.3 Å². The quantitative estimate of drug-likeness (QED) is 0.872. The van der Waals surface area contributed by atoms with Crippen molar-refractivity contribution in [3.8, 4) is 0 Å². The van der Waals surface area contributed by atoms with Gasteiger partial charge in [-0.1, -0.05) is 6.92 Å². The summed E-state index contributed by atoms with van der Waals surface area (Å²) in [7, 11) is 0. The Labute approximate surface area is 132 Å². The maximum absolute atomic E-state index is 5.02. The SMILES string of the molecule is CC1CCN(Cc2nc(C3CC3)c(CNC3CC3)s2)CC1. The number of likely N-dealkylation sites (tertiary alicyclic amines) is 1. The third kappa shape index (κ3) is 3.66. The highest BCUT2D eigenvalue weighted by atomic mass is 32.1. The van der Waals surface area contributed by atoms with Gasteiger partial charge in [0.05, 0.1) is 12.2 Å². The van der Waals surface area contributed by atoms with Gasteiger partial charge in [0.2, 0.25) is 0 Å². The summed E-state index contributed by atoms with van der Waals surface area (Å²) in [5.41, 5.74) is 1.44.